The van der Waals surface area contributed by atoms with Gasteiger partial charge in [0.25, 0.3) is 0 Å². The molecule has 0 spiro atoms. The molecule has 4 aliphatic carbocycles. The second-order valence-electron chi connectivity index (χ2n) is 5.89. The monoisotopic (exact) mass is 242 g/mol. The van der Waals surface area contributed by atoms with E-state index in [-0.39, 0.29) is 0 Å². The summed E-state index contributed by atoms with van der Waals surface area (Å²) in [5, 5.41) is 1.27. The van der Waals surface area contributed by atoms with Crippen LogP contribution in [0, 0.1) is 29.1 Å². The summed E-state index contributed by atoms with van der Waals surface area (Å²) in [4.78, 5) is 0. The van der Waals surface area contributed by atoms with Crippen LogP contribution in [-0.4, -0.2) is 5.33 Å². The Hall–Kier alpha value is 0.480. The van der Waals surface area contributed by atoms with Crippen LogP contribution in [0.25, 0.3) is 0 Å². The molecule has 4 saturated carbocycles. The Labute approximate surface area is 89.6 Å². The lowest BCUT2D eigenvalue weighted by Gasteiger charge is -2.60. The molecule has 4 rings (SSSR count). The van der Waals surface area contributed by atoms with Gasteiger partial charge in [0.05, 0.1) is 0 Å². The SMILES string of the molecule is CC1C2CC3CC(C2)CC1(CBr)C3. The van der Waals surface area contributed by atoms with Crippen LogP contribution in [0.15, 0.2) is 0 Å². The van der Waals surface area contributed by atoms with Crippen LogP contribution in [0.5, 0.6) is 0 Å². The third-order valence-corrected chi connectivity index (χ3v) is 6.39. The van der Waals surface area contributed by atoms with E-state index < -0.39 is 0 Å². The van der Waals surface area contributed by atoms with E-state index in [0.717, 1.165) is 29.1 Å². The Morgan fingerprint density at radius 3 is 2.31 bits per heavy atom. The first kappa shape index (κ1) is 8.76. The third-order valence-electron chi connectivity index (χ3n) is 5.27. The molecule has 0 aliphatic heterocycles. The van der Waals surface area contributed by atoms with E-state index in [1.807, 2.05) is 0 Å². The van der Waals surface area contributed by atoms with Gasteiger partial charge >= 0.3 is 0 Å². The van der Waals surface area contributed by atoms with E-state index in [0.29, 0.717) is 0 Å². The van der Waals surface area contributed by atoms with E-state index >= 15 is 0 Å². The Balaban J connectivity index is 1.95. The van der Waals surface area contributed by atoms with Gasteiger partial charge in [0.2, 0.25) is 0 Å². The Morgan fingerprint density at radius 2 is 1.77 bits per heavy atom. The molecule has 13 heavy (non-hydrogen) atoms. The molecule has 0 nitrogen and oxygen atoms in total. The summed E-state index contributed by atoms with van der Waals surface area (Å²) in [6, 6.07) is 0. The summed E-state index contributed by atoms with van der Waals surface area (Å²) >= 11 is 3.78. The molecule has 0 N–H and O–H groups in total. The largest absolute Gasteiger partial charge is 0.0922 e. The topological polar surface area (TPSA) is 0 Å². The van der Waals surface area contributed by atoms with Crippen molar-refractivity contribution in [1.82, 2.24) is 0 Å². The van der Waals surface area contributed by atoms with E-state index in [4.69, 9.17) is 0 Å². The first-order valence-corrected chi connectivity index (χ1v) is 6.91. The zero-order valence-corrected chi connectivity index (χ0v) is 10.0. The number of halogens is 1. The van der Waals surface area contributed by atoms with Crippen LogP contribution in [0.2, 0.25) is 0 Å². The molecule has 0 aromatic carbocycles. The molecule has 74 valence electrons. The second kappa shape index (κ2) is 2.74. The van der Waals surface area contributed by atoms with Crippen molar-refractivity contribution in [3.63, 3.8) is 0 Å². The zero-order chi connectivity index (χ0) is 9.05. The minimum Gasteiger partial charge on any atom is -0.0922 e. The van der Waals surface area contributed by atoms with Gasteiger partial charge in [-0.2, -0.15) is 0 Å². The quantitative estimate of drug-likeness (QED) is 0.614. The normalized spacial score (nSPS) is 58.6. The molecule has 0 radical (unpaired) electrons. The fourth-order valence-corrected chi connectivity index (χ4v) is 5.66. The van der Waals surface area contributed by atoms with Gasteiger partial charge in [0.15, 0.2) is 0 Å². The Bertz CT molecular complexity index is 209. The van der Waals surface area contributed by atoms with E-state index in [1.54, 1.807) is 19.3 Å². The van der Waals surface area contributed by atoms with Gasteiger partial charge < -0.3 is 0 Å². The van der Waals surface area contributed by atoms with E-state index in [9.17, 15) is 0 Å². The zero-order valence-electron chi connectivity index (χ0n) is 8.43. The molecule has 4 aliphatic rings. The lowest BCUT2D eigenvalue weighted by atomic mass is 9.46. The fourth-order valence-electron chi connectivity index (χ4n) is 4.69. The maximum Gasteiger partial charge on any atom is 0.00908 e. The van der Waals surface area contributed by atoms with Crippen LogP contribution in [0.4, 0.5) is 0 Å². The predicted octanol–water partition coefficient (Wildman–Crippen LogP) is 3.84. The minimum absolute atomic E-state index is 0.717. The molecule has 0 aromatic rings. The standard InChI is InChI=1S/C12H19Br/c1-8-11-3-9-2-10(4-11)6-12(8,5-9)7-13/h8-11H,2-7H2,1H3. The highest BCUT2D eigenvalue weighted by molar-refractivity contribution is 9.09. The highest BCUT2D eigenvalue weighted by atomic mass is 79.9. The van der Waals surface area contributed by atoms with Crippen LogP contribution in [0.1, 0.15) is 39.0 Å². The number of rotatable bonds is 1. The predicted molar refractivity (Wildman–Crippen MR) is 58.9 cm³/mol. The van der Waals surface area contributed by atoms with Crippen LogP contribution in [-0.2, 0) is 0 Å². The molecule has 0 heterocycles. The van der Waals surface area contributed by atoms with Crippen LogP contribution >= 0.6 is 15.9 Å². The van der Waals surface area contributed by atoms with Crippen molar-refractivity contribution in [2.75, 3.05) is 5.33 Å². The molecule has 0 amide bonds. The fraction of sp³-hybridized carbons (Fsp3) is 1.00. The summed E-state index contributed by atoms with van der Waals surface area (Å²) in [7, 11) is 0. The number of hydrogen-bond acceptors (Lipinski definition) is 0. The minimum atomic E-state index is 0.717. The summed E-state index contributed by atoms with van der Waals surface area (Å²) < 4.78 is 0. The lowest BCUT2D eigenvalue weighted by molar-refractivity contribution is -0.0869. The Kier molecular flexibility index (Phi) is 1.85. The van der Waals surface area contributed by atoms with Gasteiger partial charge in [-0.1, -0.05) is 22.9 Å². The maximum atomic E-state index is 3.78. The van der Waals surface area contributed by atoms with Gasteiger partial charge in [-0.15, -0.1) is 0 Å². The third kappa shape index (κ3) is 1.09. The first-order valence-electron chi connectivity index (χ1n) is 5.79. The average molecular weight is 243 g/mol. The van der Waals surface area contributed by atoms with Crippen molar-refractivity contribution in [3.8, 4) is 0 Å². The molecular weight excluding hydrogens is 224 g/mol. The summed E-state index contributed by atoms with van der Waals surface area (Å²) in [5.41, 5.74) is 0.717. The van der Waals surface area contributed by atoms with Crippen molar-refractivity contribution in [2.24, 2.45) is 29.1 Å². The van der Waals surface area contributed by atoms with Crippen LogP contribution < -0.4 is 0 Å². The Morgan fingerprint density at radius 1 is 1.15 bits per heavy atom. The first-order chi connectivity index (χ1) is 6.23. The van der Waals surface area contributed by atoms with E-state index in [2.05, 4.69) is 22.9 Å². The van der Waals surface area contributed by atoms with Gasteiger partial charge in [0.1, 0.15) is 0 Å². The summed E-state index contributed by atoms with van der Waals surface area (Å²) in [6.07, 6.45) is 7.76. The van der Waals surface area contributed by atoms with Crippen molar-refractivity contribution in [2.45, 2.75) is 39.0 Å². The smallest absolute Gasteiger partial charge is 0.00908 e. The number of hydrogen-bond donors (Lipinski definition) is 0. The highest BCUT2D eigenvalue weighted by Gasteiger charge is 2.54. The highest BCUT2D eigenvalue weighted by Crippen LogP contribution is 2.63. The van der Waals surface area contributed by atoms with E-state index in [1.165, 1.54) is 18.2 Å². The maximum absolute atomic E-state index is 3.78. The molecule has 4 fully saturated rings. The molecule has 4 bridgehead atoms. The van der Waals surface area contributed by atoms with Crippen molar-refractivity contribution >= 4 is 15.9 Å². The van der Waals surface area contributed by atoms with Crippen molar-refractivity contribution < 1.29 is 0 Å². The van der Waals surface area contributed by atoms with Crippen molar-refractivity contribution in [1.29, 1.82) is 0 Å². The molecule has 3 unspecified atom stereocenters. The summed E-state index contributed by atoms with van der Waals surface area (Å²) in [6.45, 7) is 2.52. The summed E-state index contributed by atoms with van der Waals surface area (Å²) in [5.74, 6) is 4.29. The van der Waals surface area contributed by atoms with Gasteiger partial charge in [0, 0.05) is 5.33 Å². The average Bonchev–Trinajstić information content (AvgIpc) is 2.12. The number of alkyl halides is 1. The lowest BCUT2D eigenvalue weighted by Crippen LogP contribution is -2.52. The van der Waals surface area contributed by atoms with Crippen molar-refractivity contribution in [3.05, 3.63) is 0 Å². The molecule has 1 heteroatoms. The molecule has 0 aromatic heterocycles. The van der Waals surface area contributed by atoms with Gasteiger partial charge in [-0.3, -0.25) is 0 Å². The van der Waals surface area contributed by atoms with Crippen LogP contribution in [0.3, 0.4) is 0 Å². The van der Waals surface area contributed by atoms with Gasteiger partial charge in [-0.05, 0) is 61.2 Å². The second-order valence-corrected chi connectivity index (χ2v) is 6.45. The molecule has 3 atom stereocenters. The van der Waals surface area contributed by atoms with Gasteiger partial charge in [-0.25, -0.2) is 0 Å². The molecule has 0 saturated heterocycles. The molecular formula is C12H19Br.